The molecular weight excluding hydrogens is 271 g/mol. The second kappa shape index (κ2) is 5.83. The summed E-state index contributed by atoms with van der Waals surface area (Å²) in [4.78, 5) is 13.2. The Balaban J connectivity index is 3.56. The normalized spacial score (nSPS) is 15.2. The molecule has 1 N–H and O–H groups in total. The number of alkyl halides is 3. The van der Waals surface area contributed by atoms with Gasteiger partial charge in [-0.2, -0.15) is 13.2 Å². The van der Waals surface area contributed by atoms with E-state index in [1.165, 1.54) is 30.0 Å². The van der Waals surface area contributed by atoms with Gasteiger partial charge in [-0.3, -0.25) is 4.90 Å². The van der Waals surface area contributed by atoms with Crippen LogP contribution in [-0.2, 0) is 16.5 Å². The van der Waals surface area contributed by atoms with Crippen LogP contribution in [0.3, 0.4) is 0 Å². The molecule has 3 nitrogen and oxygen atoms in total. The Hall–Kier alpha value is -1.56. The topological polar surface area (TPSA) is 40.5 Å². The first-order chi connectivity index (χ1) is 9.19. The Labute approximate surface area is 116 Å². The van der Waals surface area contributed by atoms with Gasteiger partial charge in [-0.1, -0.05) is 32.0 Å². The molecule has 6 heteroatoms. The maximum atomic E-state index is 13.1. The highest BCUT2D eigenvalue weighted by Crippen LogP contribution is 2.39. The van der Waals surface area contributed by atoms with E-state index in [0.717, 1.165) is 6.07 Å². The number of carbonyl (C=O) groups is 1. The first-order valence-electron chi connectivity index (χ1n) is 6.34. The van der Waals surface area contributed by atoms with Gasteiger partial charge in [-0.05, 0) is 31.6 Å². The van der Waals surface area contributed by atoms with Crippen LogP contribution in [0.5, 0.6) is 0 Å². The lowest BCUT2D eigenvalue weighted by molar-refractivity contribution is -0.153. The molecule has 1 rings (SSSR count). The van der Waals surface area contributed by atoms with Crippen LogP contribution >= 0.6 is 0 Å². The second-order valence-corrected chi connectivity index (χ2v) is 4.59. The Bertz CT molecular complexity index is 484. The van der Waals surface area contributed by atoms with E-state index in [1.807, 2.05) is 0 Å². The minimum atomic E-state index is -4.58. The van der Waals surface area contributed by atoms with Gasteiger partial charge in [0.15, 0.2) is 0 Å². The van der Waals surface area contributed by atoms with Gasteiger partial charge < -0.3 is 5.11 Å². The molecule has 0 saturated carbocycles. The van der Waals surface area contributed by atoms with Gasteiger partial charge in [0.05, 0.1) is 5.56 Å². The standard InChI is InChI=1S/C14H18F3NO2/c1-4-18(5-2)13(3,12(19)20)10-8-6-7-9-11(10)14(15,16)17/h6-9H,4-5H2,1-3H3,(H,19,20). The van der Waals surface area contributed by atoms with Crippen LogP contribution in [-0.4, -0.2) is 29.1 Å². The highest BCUT2D eigenvalue weighted by molar-refractivity contribution is 5.81. The predicted molar refractivity (Wildman–Crippen MR) is 69.4 cm³/mol. The highest BCUT2D eigenvalue weighted by atomic mass is 19.4. The van der Waals surface area contributed by atoms with Crippen LogP contribution < -0.4 is 0 Å². The Morgan fingerprint density at radius 1 is 1.15 bits per heavy atom. The molecule has 20 heavy (non-hydrogen) atoms. The zero-order valence-electron chi connectivity index (χ0n) is 11.7. The summed E-state index contributed by atoms with van der Waals surface area (Å²) >= 11 is 0. The largest absolute Gasteiger partial charge is 0.480 e. The predicted octanol–water partition coefficient (Wildman–Crippen LogP) is 3.35. The number of aliphatic carboxylic acids is 1. The van der Waals surface area contributed by atoms with Gasteiger partial charge in [-0.15, -0.1) is 0 Å². The van der Waals surface area contributed by atoms with E-state index in [4.69, 9.17) is 0 Å². The first kappa shape index (κ1) is 16.5. The van der Waals surface area contributed by atoms with Crippen molar-refractivity contribution in [3.05, 3.63) is 35.4 Å². The monoisotopic (exact) mass is 289 g/mol. The maximum Gasteiger partial charge on any atom is 0.416 e. The fourth-order valence-corrected chi connectivity index (χ4v) is 2.43. The third kappa shape index (κ3) is 2.80. The summed E-state index contributed by atoms with van der Waals surface area (Å²) < 4.78 is 39.3. The molecule has 112 valence electrons. The van der Waals surface area contributed by atoms with Crippen molar-refractivity contribution in [1.82, 2.24) is 4.90 Å². The van der Waals surface area contributed by atoms with Crippen molar-refractivity contribution in [2.45, 2.75) is 32.5 Å². The van der Waals surface area contributed by atoms with Crippen molar-refractivity contribution in [2.75, 3.05) is 13.1 Å². The molecule has 0 heterocycles. The lowest BCUT2D eigenvalue weighted by atomic mass is 9.86. The van der Waals surface area contributed by atoms with Crippen molar-refractivity contribution < 1.29 is 23.1 Å². The molecule has 0 aromatic heterocycles. The van der Waals surface area contributed by atoms with Gasteiger partial charge in [0.2, 0.25) is 0 Å². The van der Waals surface area contributed by atoms with Crippen LogP contribution in [0, 0.1) is 0 Å². The minimum Gasteiger partial charge on any atom is -0.480 e. The van der Waals surface area contributed by atoms with E-state index in [9.17, 15) is 23.1 Å². The van der Waals surface area contributed by atoms with Crippen molar-refractivity contribution in [3.8, 4) is 0 Å². The van der Waals surface area contributed by atoms with Crippen molar-refractivity contribution in [1.29, 1.82) is 0 Å². The molecule has 0 aliphatic carbocycles. The molecule has 1 aromatic rings. The van der Waals surface area contributed by atoms with E-state index < -0.39 is 23.2 Å². The number of rotatable bonds is 5. The Morgan fingerprint density at radius 2 is 1.60 bits per heavy atom. The number of carboxylic acid groups (broad SMARTS) is 1. The molecular formula is C14H18F3NO2. The Kier molecular flexibility index (Phi) is 4.81. The first-order valence-corrected chi connectivity index (χ1v) is 6.34. The molecule has 0 spiro atoms. The molecule has 0 aliphatic heterocycles. The fraction of sp³-hybridized carbons (Fsp3) is 0.500. The van der Waals surface area contributed by atoms with Gasteiger partial charge in [-0.25, -0.2) is 4.79 Å². The zero-order chi connectivity index (χ0) is 15.6. The van der Waals surface area contributed by atoms with Gasteiger partial charge in [0, 0.05) is 0 Å². The van der Waals surface area contributed by atoms with E-state index in [1.54, 1.807) is 13.8 Å². The summed E-state index contributed by atoms with van der Waals surface area (Å²) in [5, 5.41) is 9.50. The van der Waals surface area contributed by atoms with E-state index in [0.29, 0.717) is 13.1 Å². The van der Waals surface area contributed by atoms with Crippen molar-refractivity contribution in [2.24, 2.45) is 0 Å². The summed E-state index contributed by atoms with van der Waals surface area (Å²) in [6.45, 7) is 5.44. The third-order valence-electron chi connectivity index (χ3n) is 3.57. The summed E-state index contributed by atoms with van der Waals surface area (Å²) in [6.07, 6.45) is -4.58. The van der Waals surface area contributed by atoms with E-state index in [-0.39, 0.29) is 5.56 Å². The van der Waals surface area contributed by atoms with Crippen LogP contribution in [0.1, 0.15) is 31.9 Å². The molecule has 0 radical (unpaired) electrons. The SMILES string of the molecule is CCN(CC)C(C)(C(=O)O)c1ccccc1C(F)(F)F. The molecule has 0 saturated heterocycles. The average Bonchev–Trinajstić information content (AvgIpc) is 2.38. The van der Waals surface area contributed by atoms with Crippen LogP contribution in [0.2, 0.25) is 0 Å². The van der Waals surface area contributed by atoms with Gasteiger partial charge in [0.1, 0.15) is 5.54 Å². The van der Waals surface area contributed by atoms with Crippen LogP contribution in [0.4, 0.5) is 13.2 Å². The third-order valence-corrected chi connectivity index (χ3v) is 3.57. The summed E-state index contributed by atoms with van der Waals surface area (Å²) in [7, 11) is 0. The van der Waals surface area contributed by atoms with Crippen LogP contribution in [0.15, 0.2) is 24.3 Å². The van der Waals surface area contributed by atoms with Gasteiger partial charge in [0.25, 0.3) is 0 Å². The Morgan fingerprint density at radius 3 is 1.95 bits per heavy atom. The number of hydrogen-bond acceptors (Lipinski definition) is 2. The molecule has 0 amide bonds. The molecule has 0 aliphatic rings. The second-order valence-electron chi connectivity index (χ2n) is 4.59. The molecule has 1 aromatic carbocycles. The van der Waals surface area contributed by atoms with E-state index in [2.05, 4.69) is 0 Å². The molecule has 0 bridgehead atoms. The lowest BCUT2D eigenvalue weighted by Gasteiger charge is -2.38. The van der Waals surface area contributed by atoms with E-state index >= 15 is 0 Å². The fourth-order valence-electron chi connectivity index (χ4n) is 2.43. The summed E-state index contributed by atoms with van der Waals surface area (Å²) in [5.41, 5.74) is -2.85. The van der Waals surface area contributed by atoms with Crippen molar-refractivity contribution >= 4 is 5.97 Å². The number of hydrogen-bond donors (Lipinski definition) is 1. The van der Waals surface area contributed by atoms with Crippen molar-refractivity contribution in [3.63, 3.8) is 0 Å². The summed E-state index contributed by atoms with van der Waals surface area (Å²) in [5.74, 6) is -1.29. The number of nitrogens with zero attached hydrogens (tertiary/aromatic N) is 1. The molecule has 1 atom stereocenters. The lowest BCUT2D eigenvalue weighted by Crippen LogP contribution is -2.50. The quantitative estimate of drug-likeness (QED) is 0.903. The van der Waals surface area contributed by atoms with Gasteiger partial charge >= 0.3 is 12.1 Å². The number of carboxylic acids is 1. The zero-order valence-corrected chi connectivity index (χ0v) is 11.7. The number of benzene rings is 1. The van der Waals surface area contributed by atoms with Crippen LogP contribution in [0.25, 0.3) is 0 Å². The highest BCUT2D eigenvalue weighted by Gasteiger charge is 2.46. The average molecular weight is 289 g/mol. The number of halogens is 3. The smallest absolute Gasteiger partial charge is 0.416 e. The molecule has 1 unspecified atom stereocenters. The summed E-state index contributed by atoms with van der Waals surface area (Å²) in [6, 6.07) is 4.83. The minimum absolute atomic E-state index is 0.233. The number of likely N-dealkylation sites (N-methyl/N-ethyl adjacent to an activating group) is 1. The molecule has 0 fully saturated rings. The maximum absolute atomic E-state index is 13.1.